The van der Waals surface area contributed by atoms with Gasteiger partial charge >= 0.3 is 0 Å². The van der Waals surface area contributed by atoms with Crippen LogP contribution in [0.2, 0.25) is 0 Å². The van der Waals surface area contributed by atoms with Gasteiger partial charge in [0.1, 0.15) is 0 Å². The largest absolute Gasteiger partial charge is 0.361 e. The molecule has 1 aliphatic carbocycles. The first-order valence-electron chi connectivity index (χ1n) is 4.63. The first-order chi connectivity index (χ1) is 5.93. The number of hydrogen-bond donors (Lipinski definition) is 2. The van der Waals surface area contributed by atoms with Crippen molar-refractivity contribution in [3.05, 3.63) is 0 Å². The molecule has 3 aliphatic rings. The summed E-state index contributed by atoms with van der Waals surface area (Å²) in [6.45, 7) is 1.43. The molecule has 0 aromatic carbocycles. The van der Waals surface area contributed by atoms with E-state index in [0.29, 0.717) is 24.3 Å². The molecular formula is C8H14N2O2. The Bertz CT molecular complexity index is 152. The van der Waals surface area contributed by atoms with Crippen molar-refractivity contribution in [1.82, 2.24) is 10.6 Å². The Hall–Kier alpha value is -0.160. The maximum atomic E-state index is 5.56. The monoisotopic (exact) mass is 170 g/mol. The highest BCUT2D eigenvalue weighted by molar-refractivity contribution is 4.98. The van der Waals surface area contributed by atoms with Gasteiger partial charge in [-0.2, -0.15) is 0 Å². The van der Waals surface area contributed by atoms with Crippen LogP contribution in [0.25, 0.3) is 0 Å². The highest BCUT2D eigenvalue weighted by Crippen LogP contribution is 2.29. The summed E-state index contributed by atoms with van der Waals surface area (Å²) in [5.74, 6) is 0. The number of ether oxygens (including phenoxy) is 2. The Kier molecular flexibility index (Phi) is 1.61. The van der Waals surface area contributed by atoms with Gasteiger partial charge in [0.05, 0.1) is 25.7 Å². The predicted molar refractivity (Wildman–Crippen MR) is 42.6 cm³/mol. The van der Waals surface area contributed by atoms with Gasteiger partial charge in [0.15, 0.2) is 0 Å². The predicted octanol–water partition coefficient (Wildman–Crippen LogP) is -0.591. The zero-order valence-electron chi connectivity index (χ0n) is 6.95. The molecular weight excluding hydrogens is 156 g/mol. The molecule has 4 heteroatoms. The van der Waals surface area contributed by atoms with E-state index in [9.17, 15) is 0 Å². The lowest BCUT2D eigenvalue weighted by Crippen LogP contribution is -2.47. The summed E-state index contributed by atoms with van der Waals surface area (Å²) in [5, 5.41) is 6.68. The number of hydrogen-bond acceptors (Lipinski definition) is 4. The van der Waals surface area contributed by atoms with Crippen LogP contribution >= 0.6 is 0 Å². The van der Waals surface area contributed by atoms with Crippen LogP contribution in [-0.2, 0) is 9.47 Å². The van der Waals surface area contributed by atoms with Gasteiger partial charge in [-0.15, -0.1) is 0 Å². The van der Waals surface area contributed by atoms with Crippen LogP contribution < -0.4 is 10.6 Å². The Labute approximate surface area is 71.6 Å². The van der Waals surface area contributed by atoms with Crippen LogP contribution in [0.1, 0.15) is 12.8 Å². The van der Waals surface area contributed by atoms with Crippen LogP contribution in [0.5, 0.6) is 0 Å². The van der Waals surface area contributed by atoms with Crippen LogP contribution in [0.15, 0.2) is 0 Å². The molecule has 2 heterocycles. The van der Waals surface area contributed by atoms with E-state index in [0.717, 1.165) is 26.3 Å². The average molecular weight is 170 g/mol. The molecule has 1 saturated carbocycles. The second-order valence-electron chi connectivity index (χ2n) is 3.79. The zero-order valence-corrected chi connectivity index (χ0v) is 6.95. The molecule has 4 unspecified atom stereocenters. The Morgan fingerprint density at radius 2 is 1.33 bits per heavy atom. The first-order valence-corrected chi connectivity index (χ1v) is 4.63. The lowest BCUT2D eigenvalue weighted by molar-refractivity contribution is 0.0257. The molecule has 0 aromatic heterocycles. The molecule has 2 aliphatic heterocycles. The van der Waals surface area contributed by atoms with Gasteiger partial charge in [-0.05, 0) is 12.8 Å². The molecule has 0 bridgehead atoms. The third kappa shape index (κ3) is 0.992. The van der Waals surface area contributed by atoms with Gasteiger partial charge in [0.25, 0.3) is 0 Å². The van der Waals surface area contributed by atoms with E-state index in [1.54, 1.807) is 0 Å². The summed E-state index contributed by atoms with van der Waals surface area (Å²) < 4.78 is 11.1. The number of fused-ring (bicyclic) bond motifs is 2. The van der Waals surface area contributed by atoms with Crippen molar-refractivity contribution in [3.63, 3.8) is 0 Å². The van der Waals surface area contributed by atoms with Gasteiger partial charge in [0.2, 0.25) is 0 Å². The van der Waals surface area contributed by atoms with Crippen molar-refractivity contribution >= 4 is 0 Å². The molecule has 3 fully saturated rings. The second-order valence-corrected chi connectivity index (χ2v) is 3.79. The molecule has 4 nitrogen and oxygen atoms in total. The molecule has 68 valence electrons. The summed E-state index contributed by atoms with van der Waals surface area (Å²) in [4.78, 5) is 0. The smallest absolute Gasteiger partial charge is 0.0972 e. The van der Waals surface area contributed by atoms with Crippen molar-refractivity contribution in [2.45, 2.75) is 37.1 Å². The molecule has 0 spiro atoms. The standard InChI is InChI=1S/C8H14N2O2/c1-5-8(12-3-9-5)2-6-7(1)11-4-10-6/h5-10H,1-4H2. The van der Waals surface area contributed by atoms with Gasteiger partial charge in [-0.1, -0.05) is 0 Å². The second kappa shape index (κ2) is 2.67. The maximum absolute atomic E-state index is 5.56. The summed E-state index contributed by atoms with van der Waals surface area (Å²) in [5.41, 5.74) is 0. The Balaban J connectivity index is 1.75. The fraction of sp³-hybridized carbons (Fsp3) is 1.00. The molecule has 3 rings (SSSR count). The quantitative estimate of drug-likeness (QED) is 0.510. The Morgan fingerprint density at radius 3 is 1.83 bits per heavy atom. The minimum atomic E-state index is 0.417. The SMILES string of the molecule is C1NC2CC3OCNC3CC2O1. The summed E-state index contributed by atoms with van der Waals surface area (Å²) in [6.07, 6.45) is 3.03. The fourth-order valence-electron chi connectivity index (χ4n) is 2.45. The summed E-state index contributed by atoms with van der Waals surface area (Å²) in [6, 6.07) is 1.07. The Morgan fingerprint density at radius 1 is 0.833 bits per heavy atom. The molecule has 0 radical (unpaired) electrons. The number of rotatable bonds is 0. The van der Waals surface area contributed by atoms with Gasteiger partial charge in [-0.25, -0.2) is 0 Å². The normalized spacial score (nSPS) is 52.0. The highest BCUT2D eigenvalue weighted by atomic mass is 16.5. The zero-order chi connectivity index (χ0) is 7.97. The van der Waals surface area contributed by atoms with Crippen molar-refractivity contribution in [2.75, 3.05) is 13.5 Å². The van der Waals surface area contributed by atoms with Crippen LogP contribution in [0.4, 0.5) is 0 Å². The van der Waals surface area contributed by atoms with Crippen molar-refractivity contribution < 1.29 is 9.47 Å². The first kappa shape index (κ1) is 7.26. The molecule has 0 aromatic rings. The summed E-state index contributed by atoms with van der Waals surface area (Å²) >= 11 is 0. The summed E-state index contributed by atoms with van der Waals surface area (Å²) in [7, 11) is 0. The maximum Gasteiger partial charge on any atom is 0.0972 e. The minimum Gasteiger partial charge on any atom is -0.361 e. The van der Waals surface area contributed by atoms with Crippen molar-refractivity contribution in [1.29, 1.82) is 0 Å². The third-order valence-electron chi connectivity index (χ3n) is 3.16. The van der Waals surface area contributed by atoms with Crippen LogP contribution in [0, 0.1) is 0 Å². The van der Waals surface area contributed by atoms with Crippen LogP contribution in [-0.4, -0.2) is 37.8 Å². The van der Waals surface area contributed by atoms with Crippen molar-refractivity contribution in [2.24, 2.45) is 0 Å². The van der Waals surface area contributed by atoms with E-state index in [2.05, 4.69) is 10.6 Å². The van der Waals surface area contributed by atoms with E-state index in [1.807, 2.05) is 0 Å². The number of nitrogens with one attached hydrogen (secondary N) is 2. The highest BCUT2D eigenvalue weighted by Gasteiger charge is 2.42. The van der Waals surface area contributed by atoms with E-state index in [-0.39, 0.29) is 0 Å². The van der Waals surface area contributed by atoms with E-state index in [4.69, 9.17) is 9.47 Å². The molecule has 2 N–H and O–H groups in total. The minimum absolute atomic E-state index is 0.417. The lowest BCUT2D eigenvalue weighted by Gasteiger charge is -2.31. The lowest BCUT2D eigenvalue weighted by atomic mass is 9.87. The fourth-order valence-corrected chi connectivity index (χ4v) is 2.45. The van der Waals surface area contributed by atoms with Gasteiger partial charge in [0, 0.05) is 12.1 Å². The average Bonchev–Trinajstić information content (AvgIpc) is 2.64. The molecule has 12 heavy (non-hydrogen) atoms. The molecule has 0 amide bonds. The molecule has 4 atom stereocenters. The third-order valence-corrected chi connectivity index (χ3v) is 3.16. The van der Waals surface area contributed by atoms with Crippen molar-refractivity contribution in [3.8, 4) is 0 Å². The van der Waals surface area contributed by atoms with Gasteiger partial charge < -0.3 is 9.47 Å². The van der Waals surface area contributed by atoms with E-state index < -0.39 is 0 Å². The van der Waals surface area contributed by atoms with E-state index >= 15 is 0 Å². The molecule has 2 saturated heterocycles. The van der Waals surface area contributed by atoms with Crippen LogP contribution in [0.3, 0.4) is 0 Å². The van der Waals surface area contributed by atoms with E-state index in [1.165, 1.54) is 0 Å². The van der Waals surface area contributed by atoms with Gasteiger partial charge in [-0.3, -0.25) is 10.6 Å². The topological polar surface area (TPSA) is 42.5 Å².